The Morgan fingerprint density at radius 1 is 0.900 bits per heavy atom. The molecule has 0 bridgehead atoms. The summed E-state index contributed by atoms with van der Waals surface area (Å²) in [5.74, 6) is 0. The number of hydrogen-bond donors (Lipinski definition) is 3. The van der Waals surface area contributed by atoms with Crippen LogP contribution in [0.1, 0.15) is 64.0 Å². The molecule has 0 aliphatic rings. The fourth-order valence-electron chi connectivity index (χ4n) is 2.25. The van der Waals surface area contributed by atoms with Crippen LogP contribution in [0.4, 0.5) is 0 Å². The predicted molar refractivity (Wildman–Crippen MR) is 82.6 cm³/mol. The van der Waals surface area contributed by atoms with Crippen molar-refractivity contribution in [1.82, 2.24) is 4.98 Å². The second-order valence-corrected chi connectivity index (χ2v) is 5.54. The maximum atomic E-state index is 9.05. The number of unbranched alkanes of at least 4 members (excludes halogenated alkanes) is 7. The molecular weight excluding hydrogens is 253 g/mol. The minimum atomic E-state index is -3.41. The average Bonchev–Trinajstić information content (AvgIpc) is 2.41. The molecule has 0 amide bonds. The van der Waals surface area contributed by atoms with Crippen LogP contribution in [0.25, 0.3) is 0 Å². The van der Waals surface area contributed by atoms with E-state index in [-0.39, 0.29) is 5.46 Å². The summed E-state index contributed by atoms with van der Waals surface area (Å²) < 4.78 is 0. The minimum Gasteiger partial charge on any atom is -0.556 e. The first-order valence-electron chi connectivity index (χ1n) is 7.81. The molecule has 0 spiro atoms. The summed E-state index contributed by atoms with van der Waals surface area (Å²) in [6.07, 6.45) is 12.5. The second-order valence-electron chi connectivity index (χ2n) is 5.54. The topological polar surface area (TPSA) is 73.6 Å². The van der Waals surface area contributed by atoms with Gasteiger partial charge < -0.3 is 15.1 Å². The SMILES string of the molecule is CCCCCCCCCCc1ccc([B-](O)(O)O)cn1. The summed E-state index contributed by atoms with van der Waals surface area (Å²) >= 11 is 0. The molecule has 20 heavy (non-hydrogen) atoms. The number of rotatable bonds is 10. The molecule has 0 aliphatic carbocycles. The van der Waals surface area contributed by atoms with Crippen LogP contribution in [0.5, 0.6) is 0 Å². The molecule has 1 aromatic rings. The van der Waals surface area contributed by atoms with E-state index >= 15 is 0 Å². The zero-order valence-electron chi connectivity index (χ0n) is 12.5. The Balaban J connectivity index is 2.13. The third-order valence-electron chi connectivity index (χ3n) is 3.58. The molecule has 5 heteroatoms. The van der Waals surface area contributed by atoms with Gasteiger partial charge in [-0.15, -0.1) is 5.46 Å². The van der Waals surface area contributed by atoms with Crippen molar-refractivity contribution in [3.63, 3.8) is 0 Å². The van der Waals surface area contributed by atoms with Crippen molar-refractivity contribution in [3.05, 3.63) is 24.0 Å². The molecule has 0 aliphatic heterocycles. The maximum absolute atomic E-state index is 9.05. The van der Waals surface area contributed by atoms with Gasteiger partial charge in [-0.2, -0.15) is 0 Å². The van der Waals surface area contributed by atoms with Gasteiger partial charge in [0.15, 0.2) is 0 Å². The minimum absolute atomic E-state index is 0.0599. The molecule has 0 unspecified atom stereocenters. The zero-order chi connectivity index (χ0) is 14.8. The highest BCUT2D eigenvalue weighted by molar-refractivity contribution is 6.71. The molecule has 1 heterocycles. The quantitative estimate of drug-likeness (QED) is 0.452. The highest BCUT2D eigenvalue weighted by Crippen LogP contribution is 2.10. The van der Waals surface area contributed by atoms with Crippen molar-refractivity contribution in [2.45, 2.75) is 64.7 Å². The first kappa shape index (κ1) is 17.1. The van der Waals surface area contributed by atoms with Crippen LogP contribution in [0, 0.1) is 0 Å². The highest BCUT2D eigenvalue weighted by Gasteiger charge is 2.17. The molecule has 1 aromatic heterocycles. The molecule has 0 fully saturated rings. The van der Waals surface area contributed by atoms with E-state index in [9.17, 15) is 0 Å². The van der Waals surface area contributed by atoms with Crippen LogP contribution in [0.2, 0.25) is 0 Å². The molecule has 1 rings (SSSR count). The van der Waals surface area contributed by atoms with Crippen molar-refractivity contribution in [2.24, 2.45) is 0 Å². The lowest BCUT2D eigenvalue weighted by molar-refractivity contribution is 0.249. The number of aryl methyl sites for hydroxylation is 1. The van der Waals surface area contributed by atoms with Crippen LogP contribution >= 0.6 is 0 Å². The van der Waals surface area contributed by atoms with Crippen LogP contribution < -0.4 is 5.46 Å². The summed E-state index contributed by atoms with van der Waals surface area (Å²) in [4.78, 5) is 4.14. The van der Waals surface area contributed by atoms with Gasteiger partial charge >= 0.3 is 6.75 Å². The van der Waals surface area contributed by atoms with Crippen molar-refractivity contribution < 1.29 is 15.1 Å². The van der Waals surface area contributed by atoms with E-state index in [0.717, 1.165) is 18.5 Å². The third kappa shape index (κ3) is 7.03. The first-order chi connectivity index (χ1) is 9.54. The summed E-state index contributed by atoms with van der Waals surface area (Å²) in [5, 5.41) is 27.1. The number of aromatic nitrogens is 1. The van der Waals surface area contributed by atoms with Gasteiger partial charge in [0.25, 0.3) is 0 Å². The Morgan fingerprint density at radius 3 is 2.00 bits per heavy atom. The Morgan fingerprint density at radius 2 is 1.50 bits per heavy atom. The van der Waals surface area contributed by atoms with E-state index in [1.165, 1.54) is 57.2 Å². The lowest BCUT2D eigenvalue weighted by Crippen LogP contribution is -2.48. The van der Waals surface area contributed by atoms with Crippen LogP contribution in [-0.2, 0) is 6.42 Å². The van der Waals surface area contributed by atoms with E-state index in [2.05, 4.69) is 11.9 Å². The Bertz CT molecular complexity index is 362. The molecule has 0 atom stereocenters. The highest BCUT2D eigenvalue weighted by atomic mass is 16.5. The predicted octanol–water partition coefficient (Wildman–Crippen LogP) is 1.89. The number of pyridine rings is 1. The normalized spacial score (nSPS) is 11.8. The second kappa shape index (κ2) is 9.11. The third-order valence-corrected chi connectivity index (χ3v) is 3.58. The van der Waals surface area contributed by atoms with Gasteiger partial charge in [0.2, 0.25) is 0 Å². The first-order valence-corrected chi connectivity index (χ1v) is 7.81. The van der Waals surface area contributed by atoms with Gasteiger partial charge in [0, 0.05) is 5.69 Å². The molecule has 114 valence electrons. The molecule has 0 saturated carbocycles. The largest absolute Gasteiger partial charge is 0.556 e. The summed E-state index contributed by atoms with van der Waals surface area (Å²) in [7, 11) is 0. The summed E-state index contributed by atoms with van der Waals surface area (Å²) in [5.41, 5.74) is 0.990. The Hall–Kier alpha value is -0.905. The van der Waals surface area contributed by atoms with Gasteiger partial charge in [-0.25, -0.2) is 0 Å². The van der Waals surface area contributed by atoms with E-state index in [4.69, 9.17) is 15.1 Å². The molecular formula is C15H27BNO3-. The molecule has 0 aromatic carbocycles. The number of nitrogens with zero attached hydrogens (tertiary/aromatic N) is 1. The molecule has 3 N–H and O–H groups in total. The van der Waals surface area contributed by atoms with Crippen molar-refractivity contribution >= 4 is 12.2 Å². The molecule has 0 radical (unpaired) electrons. The van der Waals surface area contributed by atoms with E-state index in [0.29, 0.717) is 0 Å². The van der Waals surface area contributed by atoms with Crippen LogP contribution in [0.3, 0.4) is 0 Å². The van der Waals surface area contributed by atoms with Gasteiger partial charge in [0.05, 0.1) is 0 Å². The number of hydrogen-bond acceptors (Lipinski definition) is 4. The van der Waals surface area contributed by atoms with Gasteiger partial charge in [-0.3, -0.25) is 4.98 Å². The lowest BCUT2D eigenvalue weighted by atomic mass is 9.72. The zero-order valence-corrected chi connectivity index (χ0v) is 12.5. The Kier molecular flexibility index (Phi) is 7.81. The van der Waals surface area contributed by atoms with E-state index < -0.39 is 6.75 Å². The summed E-state index contributed by atoms with van der Waals surface area (Å²) in [6, 6.07) is 3.27. The van der Waals surface area contributed by atoms with E-state index in [1.807, 2.05) is 0 Å². The monoisotopic (exact) mass is 280 g/mol. The van der Waals surface area contributed by atoms with Gasteiger partial charge in [-0.05, 0) is 25.1 Å². The van der Waals surface area contributed by atoms with Crippen LogP contribution in [-0.4, -0.2) is 26.8 Å². The van der Waals surface area contributed by atoms with Crippen molar-refractivity contribution in [2.75, 3.05) is 0 Å². The fraction of sp³-hybridized carbons (Fsp3) is 0.667. The standard InChI is InChI=1S/C15H27BNO3/c1-2-3-4-5-6-7-8-9-10-15-12-11-14(13-17-15)16(18,19)20/h11-13,18-20H,2-10H2,1H3/q-1. The van der Waals surface area contributed by atoms with Crippen molar-refractivity contribution in [1.29, 1.82) is 0 Å². The Labute approximate surface area is 121 Å². The maximum Gasteiger partial charge on any atom is 0.404 e. The van der Waals surface area contributed by atoms with Crippen LogP contribution in [0.15, 0.2) is 18.3 Å². The molecule has 4 nitrogen and oxygen atoms in total. The summed E-state index contributed by atoms with van der Waals surface area (Å²) in [6.45, 7) is -1.18. The van der Waals surface area contributed by atoms with Crippen molar-refractivity contribution in [3.8, 4) is 0 Å². The van der Waals surface area contributed by atoms with Gasteiger partial charge in [0.1, 0.15) is 0 Å². The molecule has 0 saturated heterocycles. The van der Waals surface area contributed by atoms with E-state index in [1.54, 1.807) is 6.07 Å². The fourth-order valence-corrected chi connectivity index (χ4v) is 2.25. The smallest absolute Gasteiger partial charge is 0.404 e. The average molecular weight is 280 g/mol. The lowest BCUT2D eigenvalue weighted by Gasteiger charge is -2.20. The van der Waals surface area contributed by atoms with Gasteiger partial charge in [-0.1, -0.05) is 57.9 Å².